The molecular weight excluding hydrogens is 264 g/mol. The second-order valence-electron chi connectivity index (χ2n) is 5.19. The Morgan fingerprint density at radius 2 is 2.00 bits per heavy atom. The normalized spacial score (nSPS) is 14.8. The second-order valence-corrected chi connectivity index (χ2v) is 5.19. The van der Waals surface area contributed by atoms with Crippen LogP contribution in [0.15, 0.2) is 36.4 Å². The Bertz CT molecular complexity index is 594. The fourth-order valence-electron chi connectivity index (χ4n) is 2.35. The number of likely N-dealkylation sites (N-methyl/N-ethyl adjacent to an activating group) is 1. The second kappa shape index (κ2) is 5.97. The predicted octanol–water partition coefficient (Wildman–Crippen LogP) is 1.08. The highest BCUT2D eigenvalue weighted by Crippen LogP contribution is 2.20. The van der Waals surface area contributed by atoms with Crippen LogP contribution in [-0.4, -0.2) is 36.1 Å². The number of nitrogens with zero attached hydrogens (tertiary/aromatic N) is 3. The van der Waals surface area contributed by atoms with E-state index in [0.717, 1.165) is 30.3 Å². The zero-order chi connectivity index (χ0) is 14.7. The molecule has 6 heteroatoms. The Morgan fingerprint density at radius 3 is 2.71 bits per heavy atom. The fourth-order valence-corrected chi connectivity index (χ4v) is 2.35. The van der Waals surface area contributed by atoms with Gasteiger partial charge in [0.25, 0.3) is 0 Å². The number of nitrogens with one attached hydrogen (secondary N) is 2. The highest BCUT2D eigenvalue weighted by molar-refractivity contribution is 5.48. The molecule has 1 aliphatic rings. The summed E-state index contributed by atoms with van der Waals surface area (Å²) >= 11 is 0. The molecule has 1 aromatic carbocycles. The molecular formula is C15H20N6. The molecule has 0 atom stereocenters. The van der Waals surface area contributed by atoms with Gasteiger partial charge in [-0.1, -0.05) is 18.2 Å². The van der Waals surface area contributed by atoms with Gasteiger partial charge in [-0.2, -0.15) is 4.98 Å². The van der Waals surface area contributed by atoms with Gasteiger partial charge in [0.15, 0.2) is 0 Å². The van der Waals surface area contributed by atoms with Crippen molar-refractivity contribution in [2.45, 2.75) is 12.6 Å². The van der Waals surface area contributed by atoms with Crippen LogP contribution in [0.3, 0.4) is 0 Å². The lowest BCUT2D eigenvalue weighted by molar-refractivity contribution is 0.447. The van der Waals surface area contributed by atoms with E-state index in [-0.39, 0.29) is 0 Å². The maximum Gasteiger partial charge on any atom is 0.222 e. The van der Waals surface area contributed by atoms with E-state index in [9.17, 15) is 0 Å². The summed E-state index contributed by atoms with van der Waals surface area (Å²) in [5, 5.41) is 6.58. The van der Waals surface area contributed by atoms with Gasteiger partial charge in [-0.15, -0.1) is 0 Å². The van der Waals surface area contributed by atoms with Gasteiger partial charge in [0.2, 0.25) is 5.95 Å². The molecule has 0 radical (unpaired) electrons. The number of nitrogens with two attached hydrogens (primary N) is 1. The molecule has 110 valence electrons. The van der Waals surface area contributed by atoms with Gasteiger partial charge in [0, 0.05) is 30.9 Å². The van der Waals surface area contributed by atoms with Crippen molar-refractivity contribution in [3.63, 3.8) is 0 Å². The van der Waals surface area contributed by atoms with Gasteiger partial charge in [-0.25, -0.2) is 4.98 Å². The van der Waals surface area contributed by atoms with E-state index in [1.54, 1.807) is 0 Å². The van der Waals surface area contributed by atoms with E-state index >= 15 is 0 Å². The van der Waals surface area contributed by atoms with Gasteiger partial charge in [0.05, 0.1) is 12.2 Å². The van der Waals surface area contributed by atoms with Gasteiger partial charge < -0.3 is 21.3 Å². The highest BCUT2D eigenvalue weighted by Gasteiger charge is 2.26. The molecule has 0 aliphatic carbocycles. The minimum Gasteiger partial charge on any atom is -0.379 e. The first-order chi connectivity index (χ1) is 10.2. The monoisotopic (exact) mass is 284 g/mol. The lowest BCUT2D eigenvalue weighted by Gasteiger charge is -2.40. The third-order valence-corrected chi connectivity index (χ3v) is 3.64. The van der Waals surface area contributed by atoms with Crippen LogP contribution in [0, 0.1) is 0 Å². The van der Waals surface area contributed by atoms with Crippen molar-refractivity contribution in [2.24, 2.45) is 0 Å². The number of nitrogen functional groups attached to an aromatic ring is 1. The largest absolute Gasteiger partial charge is 0.379 e. The number of aromatic nitrogens is 2. The maximum atomic E-state index is 5.82. The van der Waals surface area contributed by atoms with E-state index in [0.29, 0.717) is 18.5 Å². The summed E-state index contributed by atoms with van der Waals surface area (Å²) in [6.07, 6.45) is 0. The summed E-state index contributed by atoms with van der Waals surface area (Å²) in [7, 11) is 1.98. The summed E-state index contributed by atoms with van der Waals surface area (Å²) in [4.78, 5) is 10.8. The minimum absolute atomic E-state index is 0.324. The first kappa shape index (κ1) is 13.6. The molecule has 4 N–H and O–H groups in total. The summed E-state index contributed by atoms with van der Waals surface area (Å²) in [6, 6.07) is 12.6. The van der Waals surface area contributed by atoms with E-state index in [1.165, 1.54) is 0 Å². The topological polar surface area (TPSA) is 79.1 Å². The van der Waals surface area contributed by atoms with Crippen LogP contribution in [-0.2, 0) is 6.54 Å². The lowest BCUT2D eigenvalue weighted by atomic mass is 10.1. The van der Waals surface area contributed by atoms with Crippen LogP contribution in [0.5, 0.6) is 0 Å². The zero-order valence-corrected chi connectivity index (χ0v) is 12.1. The van der Waals surface area contributed by atoms with Gasteiger partial charge in [0.1, 0.15) is 5.82 Å². The van der Waals surface area contributed by atoms with Crippen molar-refractivity contribution >= 4 is 17.5 Å². The van der Waals surface area contributed by atoms with E-state index < -0.39 is 0 Å². The number of anilines is 3. The van der Waals surface area contributed by atoms with E-state index in [1.807, 2.05) is 43.4 Å². The number of hydrogen-bond acceptors (Lipinski definition) is 6. The van der Waals surface area contributed by atoms with Crippen molar-refractivity contribution in [3.8, 4) is 0 Å². The number of para-hydroxylation sites is 1. The first-order valence-electron chi connectivity index (χ1n) is 7.09. The Morgan fingerprint density at radius 1 is 1.24 bits per heavy atom. The maximum absolute atomic E-state index is 5.82. The third-order valence-electron chi connectivity index (χ3n) is 3.64. The van der Waals surface area contributed by atoms with Gasteiger partial charge in [-0.3, -0.25) is 0 Å². The molecule has 1 saturated heterocycles. The van der Waals surface area contributed by atoms with Gasteiger partial charge >= 0.3 is 0 Å². The van der Waals surface area contributed by atoms with Crippen molar-refractivity contribution in [3.05, 3.63) is 42.1 Å². The molecule has 2 heterocycles. The standard InChI is InChI=1S/C15H20N6/c1-17-13-9-21(10-13)14-7-12(19-15(16)20-14)8-18-11-5-3-2-4-6-11/h2-7,13,17-18H,8-10H2,1H3,(H2,16,19,20). The summed E-state index contributed by atoms with van der Waals surface area (Å²) in [5.74, 6) is 1.23. The minimum atomic E-state index is 0.324. The van der Waals surface area contributed by atoms with Crippen molar-refractivity contribution in [1.29, 1.82) is 0 Å². The van der Waals surface area contributed by atoms with Crippen LogP contribution < -0.4 is 21.3 Å². The molecule has 0 amide bonds. The molecule has 1 fully saturated rings. The van der Waals surface area contributed by atoms with Crippen LogP contribution in [0.25, 0.3) is 0 Å². The molecule has 3 rings (SSSR count). The molecule has 2 aromatic rings. The van der Waals surface area contributed by atoms with Crippen LogP contribution in [0.4, 0.5) is 17.5 Å². The Hall–Kier alpha value is -2.34. The van der Waals surface area contributed by atoms with Crippen molar-refractivity contribution < 1.29 is 0 Å². The SMILES string of the molecule is CNC1CN(c2cc(CNc3ccccc3)nc(N)n2)C1. The molecule has 6 nitrogen and oxygen atoms in total. The van der Waals surface area contributed by atoms with E-state index in [2.05, 4.69) is 25.5 Å². The van der Waals surface area contributed by atoms with Crippen molar-refractivity contribution in [2.75, 3.05) is 36.1 Å². The van der Waals surface area contributed by atoms with Crippen molar-refractivity contribution in [1.82, 2.24) is 15.3 Å². The third kappa shape index (κ3) is 3.22. The predicted molar refractivity (Wildman–Crippen MR) is 85.3 cm³/mol. The summed E-state index contributed by atoms with van der Waals surface area (Å²) < 4.78 is 0. The fraction of sp³-hybridized carbons (Fsp3) is 0.333. The molecule has 1 aromatic heterocycles. The zero-order valence-electron chi connectivity index (χ0n) is 12.1. The van der Waals surface area contributed by atoms with Crippen LogP contribution in [0.1, 0.15) is 5.69 Å². The number of hydrogen-bond donors (Lipinski definition) is 3. The molecule has 0 saturated carbocycles. The Balaban J connectivity index is 1.67. The number of benzene rings is 1. The molecule has 0 bridgehead atoms. The molecule has 1 aliphatic heterocycles. The average Bonchev–Trinajstić information content (AvgIpc) is 2.45. The Kier molecular flexibility index (Phi) is 3.87. The Labute approximate surface area is 124 Å². The lowest BCUT2D eigenvalue weighted by Crippen LogP contribution is -2.57. The molecule has 0 unspecified atom stereocenters. The summed E-state index contributed by atoms with van der Waals surface area (Å²) in [5.41, 5.74) is 7.78. The molecule has 0 spiro atoms. The van der Waals surface area contributed by atoms with Crippen LogP contribution in [0.2, 0.25) is 0 Å². The smallest absolute Gasteiger partial charge is 0.222 e. The molecule has 21 heavy (non-hydrogen) atoms. The number of rotatable bonds is 5. The van der Waals surface area contributed by atoms with Gasteiger partial charge in [-0.05, 0) is 19.2 Å². The quantitative estimate of drug-likeness (QED) is 0.762. The average molecular weight is 284 g/mol. The van der Waals surface area contributed by atoms with E-state index in [4.69, 9.17) is 5.73 Å². The first-order valence-corrected chi connectivity index (χ1v) is 7.09. The highest BCUT2D eigenvalue weighted by atomic mass is 15.3. The summed E-state index contributed by atoms with van der Waals surface area (Å²) in [6.45, 7) is 2.55. The van der Waals surface area contributed by atoms with Crippen LogP contribution >= 0.6 is 0 Å².